The zero-order valence-corrected chi connectivity index (χ0v) is 14.1. The van der Waals surface area contributed by atoms with E-state index in [1.165, 1.54) is 0 Å². The first-order valence-corrected chi connectivity index (χ1v) is 8.34. The van der Waals surface area contributed by atoms with Crippen LogP contribution in [-0.4, -0.2) is 34.3 Å². The largest absolute Gasteiger partial charge is 0.471 e. The Labute approximate surface area is 144 Å². The molecule has 2 aromatic rings. The maximum absolute atomic E-state index is 13.7. The van der Waals surface area contributed by atoms with Gasteiger partial charge < -0.3 is 10.1 Å². The van der Waals surface area contributed by atoms with Crippen molar-refractivity contribution in [2.75, 3.05) is 6.61 Å². The van der Waals surface area contributed by atoms with Crippen molar-refractivity contribution in [3.63, 3.8) is 0 Å². The normalized spacial score (nSPS) is 18.4. The summed E-state index contributed by atoms with van der Waals surface area (Å²) in [4.78, 5) is 12.6. The van der Waals surface area contributed by atoms with Crippen LogP contribution in [0.15, 0.2) is 18.2 Å². The second-order valence-electron chi connectivity index (χ2n) is 6.90. The molecule has 132 valence electrons. The van der Waals surface area contributed by atoms with Crippen molar-refractivity contribution < 1.29 is 18.3 Å². The fourth-order valence-corrected chi connectivity index (χ4v) is 3.12. The molecule has 5 nitrogen and oxygen atoms in total. The van der Waals surface area contributed by atoms with Gasteiger partial charge in [-0.1, -0.05) is 23.8 Å². The van der Waals surface area contributed by atoms with E-state index >= 15 is 0 Å². The Morgan fingerprint density at radius 1 is 1.36 bits per heavy atom. The molecule has 2 aliphatic rings. The van der Waals surface area contributed by atoms with Gasteiger partial charge in [0.25, 0.3) is 5.91 Å². The molecule has 1 saturated carbocycles. The smallest absolute Gasteiger partial charge is 0.300 e. The number of nitrogens with one attached hydrogen (secondary N) is 1. The fraction of sp³-hybridized carbons (Fsp3) is 0.444. The molecule has 1 aliphatic heterocycles. The van der Waals surface area contributed by atoms with Gasteiger partial charge in [-0.15, -0.1) is 0 Å². The van der Waals surface area contributed by atoms with Crippen LogP contribution in [0.3, 0.4) is 0 Å². The Kier molecular flexibility index (Phi) is 3.56. The lowest BCUT2D eigenvalue weighted by Crippen LogP contribution is -2.36. The fourth-order valence-electron chi connectivity index (χ4n) is 3.12. The van der Waals surface area contributed by atoms with Crippen LogP contribution in [0.2, 0.25) is 0 Å². The molecule has 0 spiro atoms. The lowest BCUT2D eigenvalue weighted by atomic mass is 9.98. The minimum Gasteiger partial charge on any atom is -0.471 e. The van der Waals surface area contributed by atoms with E-state index in [2.05, 4.69) is 10.4 Å². The summed E-state index contributed by atoms with van der Waals surface area (Å²) in [6.07, 6.45) is 1.87. The number of hydrogen-bond donors (Lipinski definition) is 1. The number of halogens is 2. The maximum Gasteiger partial charge on any atom is 0.300 e. The summed E-state index contributed by atoms with van der Waals surface area (Å²) < 4.78 is 33.8. The molecule has 1 amide bonds. The number of fused-ring (bicyclic) bond motifs is 1. The Morgan fingerprint density at radius 2 is 2.12 bits per heavy atom. The number of ether oxygens (including phenoxy) is 1. The summed E-state index contributed by atoms with van der Waals surface area (Å²) in [7, 11) is 0. The average Bonchev–Trinajstić information content (AvgIpc) is 3.26. The summed E-state index contributed by atoms with van der Waals surface area (Å²) >= 11 is 0. The first-order valence-electron chi connectivity index (χ1n) is 8.34. The third kappa shape index (κ3) is 2.99. The average molecular weight is 347 g/mol. The topological polar surface area (TPSA) is 56.2 Å². The van der Waals surface area contributed by atoms with Gasteiger partial charge in [-0.3, -0.25) is 4.79 Å². The standard InChI is InChI=1S/C18H19F2N3O2/c1-10-3-6-13(11(2)7-10)14-15(16(24)21-12-4-5-12)22-23-8-18(19,20)9-25-17(14)23/h3,6-7,12H,4-5,8-9H2,1-2H3,(H,21,24). The Morgan fingerprint density at radius 3 is 2.80 bits per heavy atom. The first-order chi connectivity index (χ1) is 11.8. The number of alkyl halides is 2. The van der Waals surface area contributed by atoms with Crippen molar-refractivity contribution in [1.82, 2.24) is 15.1 Å². The van der Waals surface area contributed by atoms with Gasteiger partial charge in [0.15, 0.2) is 12.3 Å². The number of hydrogen-bond acceptors (Lipinski definition) is 3. The number of rotatable bonds is 3. The Balaban J connectivity index is 1.85. The van der Waals surface area contributed by atoms with Crippen LogP contribution in [-0.2, 0) is 6.54 Å². The minimum atomic E-state index is -3.00. The van der Waals surface area contributed by atoms with E-state index in [9.17, 15) is 13.6 Å². The zero-order valence-electron chi connectivity index (χ0n) is 14.1. The van der Waals surface area contributed by atoms with E-state index in [0.717, 1.165) is 34.2 Å². The van der Waals surface area contributed by atoms with Gasteiger partial charge in [0.2, 0.25) is 5.88 Å². The van der Waals surface area contributed by atoms with Crippen molar-refractivity contribution in [2.45, 2.75) is 45.2 Å². The van der Waals surface area contributed by atoms with Gasteiger partial charge in [0, 0.05) is 6.04 Å². The molecule has 0 radical (unpaired) electrons. The Bertz CT molecular complexity index is 856. The lowest BCUT2D eigenvalue weighted by molar-refractivity contribution is -0.0793. The van der Waals surface area contributed by atoms with Crippen LogP contribution in [0, 0.1) is 13.8 Å². The van der Waals surface area contributed by atoms with Crippen LogP contribution in [0.4, 0.5) is 8.78 Å². The molecule has 2 heterocycles. The molecule has 7 heteroatoms. The van der Waals surface area contributed by atoms with E-state index in [-0.39, 0.29) is 23.5 Å². The number of amides is 1. The SMILES string of the molecule is Cc1ccc(-c2c(C(=O)NC3CC3)nn3c2OCC(F)(F)C3)c(C)c1. The van der Waals surface area contributed by atoms with Gasteiger partial charge in [-0.05, 0) is 37.8 Å². The number of carbonyl (C=O) groups is 1. The van der Waals surface area contributed by atoms with Crippen molar-refractivity contribution in [3.8, 4) is 17.0 Å². The summed E-state index contributed by atoms with van der Waals surface area (Å²) in [6, 6.07) is 5.94. The maximum atomic E-state index is 13.7. The molecule has 1 N–H and O–H groups in total. The zero-order chi connectivity index (χ0) is 17.8. The van der Waals surface area contributed by atoms with Gasteiger partial charge >= 0.3 is 5.92 Å². The van der Waals surface area contributed by atoms with Crippen LogP contribution in [0.1, 0.15) is 34.5 Å². The third-order valence-corrected chi connectivity index (χ3v) is 4.49. The van der Waals surface area contributed by atoms with Crippen molar-refractivity contribution in [1.29, 1.82) is 0 Å². The third-order valence-electron chi connectivity index (χ3n) is 4.49. The molecule has 0 unspecified atom stereocenters. The highest BCUT2D eigenvalue weighted by Crippen LogP contribution is 2.40. The molecular weight excluding hydrogens is 328 g/mol. The predicted octanol–water partition coefficient (Wildman–Crippen LogP) is 3.09. The van der Waals surface area contributed by atoms with E-state index in [4.69, 9.17) is 4.74 Å². The molecular formula is C18H19F2N3O2. The summed E-state index contributed by atoms with van der Waals surface area (Å²) in [5.41, 5.74) is 3.44. The van der Waals surface area contributed by atoms with Gasteiger partial charge in [0.1, 0.15) is 6.54 Å². The molecule has 1 fully saturated rings. The molecule has 0 atom stereocenters. The quantitative estimate of drug-likeness (QED) is 0.928. The summed E-state index contributed by atoms with van der Waals surface area (Å²) in [5, 5.41) is 7.05. The van der Waals surface area contributed by atoms with E-state index in [0.29, 0.717) is 5.56 Å². The van der Waals surface area contributed by atoms with Gasteiger partial charge in [-0.25, -0.2) is 13.5 Å². The van der Waals surface area contributed by atoms with Gasteiger partial charge in [-0.2, -0.15) is 5.10 Å². The predicted molar refractivity (Wildman–Crippen MR) is 88.1 cm³/mol. The highest BCUT2D eigenvalue weighted by Gasteiger charge is 2.40. The van der Waals surface area contributed by atoms with E-state index < -0.39 is 19.1 Å². The van der Waals surface area contributed by atoms with Crippen molar-refractivity contribution in [3.05, 3.63) is 35.0 Å². The summed E-state index contributed by atoms with van der Waals surface area (Å²) in [5.74, 6) is -3.10. The molecule has 1 aromatic carbocycles. The van der Waals surface area contributed by atoms with E-state index in [1.54, 1.807) is 0 Å². The van der Waals surface area contributed by atoms with Crippen molar-refractivity contribution in [2.24, 2.45) is 0 Å². The number of nitrogens with zero attached hydrogens (tertiary/aromatic N) is 2. The van der Waals surface area contributed by atoms with Crippen LogP contribution in [0.25, 0.3) is 11.1 Å². The van der Waals surface area contributed by atoms with Crippen LogP contribution >= 0.6 is 0 Å². The first kappa shape index (κ1) is 16.1. The number of carbonyl (C=O) groups excluding carboxylic acids is 1. The number of aromatic nitrogens is 2. The molecule has 0 bridgehead atoms. The second-order valence-corrected chi connectivity index (χ2v) is 6.90. The monoisotopic (exact) mass is 347 g/mol. The van der Waals surface area contributed by atoms with E-state index in [1.807, 2.05) is 32.0 Å². The molecule has 1 aromatic heterocycles. The molecule has 1 aliphatic carbocycles. The second kappa shape index (κ2) is 5.54. The highest BCUT2D eigenvalue weighted by atomic mass is 19.3. The molecule has 4 rings (SSSR count). The van der Waals surface area contributed by atoms with Crippen LogP contribution in [0.5, 0.6) is 5.88 Å². The number of aryl methyl sites for hydroxylation is 2. The van der Waals surface area contributed by atoms with Gasteiger partial charge in [0.05, 0.1) is 5.56 Å². The van der Waals surface area contributed by atoms with Crippen molar-refractivity contribution >= 4 is 5.91 Å². The highest BCUT2D eigenvalue weighted by molar-refractivity contribution is 6.01. The molecule has 25 heavy (non-hydrogen) atoms. The minimum absolute atomic E-state index is 0.145. The Hall–Kier alpha value is -2.44. The lowest BCUT2D eigenvalue weighted by Gasteiger charge is -2.24. The summed E-state index contributed by atoms with van der Waals surface area (Å²) in [6.45, 7) is 2.60. The van der Waals surface area contributed by atoms with Crippen LogP contribution < -0.4 is 10.1 Å². The molecule has 0 saturated heterocycles. The number of benzene rings is 1.